The number of hydrogen-bond donors (Lipinski definition) is 1. The van der Waals surface area contributed by atoms with Crippen molar-refractivity contribution in [2.75, 3.05) is 0 Å². The van der Waals surface area contributed by atoms with Gasteiger partial charge in [-0.3, -0.25) is 9.48 Å². The minimum Gasteiger partial charge on any atom is -0.348 e. The summed E-state index contributed by atoms with van der Waals surface area (Å²) >= 11 is 5.79. The first-order chi connectivity index (χ1) is 9.10. The third-order valence-corrected chi connectivity index (χ3v) is 3.17. The van der Waals surface area contributed by atoms with E-state index in [4.69, 9.17) is 11.6 Å². The van der Waals surface area contributed by atoms with E-state index in [0.29, 0.717) is 17.1 Å². The molecular formula is C14H16ClN3O. The van der Waals surface area contributed by atoms with Gasteiger partial charge in [-0.2, -0.15) is 5.10 Å². The Balaban J connectivity index is 2.00. The molecule has 1 heterocycles. The predicted molar refractivity (Wildman–Crippen MR) is 75.3 cm³/mol. The van der Waals surface area contributed by atoms with Gasteiger partial charge >= 0.3 is 0 Å². The van der Waals surface area contributed by atoms with E-state index in [1.54, 1.807) is 24.3 Å². The standard InChI is InChI=1S/C14H16ClN3O/c1-3-18-9-12(10(2)17-18)8-16-14(19)11-4-6-13(15)7-5-11/h4-7,9H,3,8H2,1-2H3,(H,16,19). The molecule has 1 N–H and O–H groups in total. The zero-order chi connectivity index (χ0) is 13.8. The first-order valence-electron chi connectivity index (χ1n) is 6.17. The third-order valence-electron chi connectivity index (χ3n) is 2.92. The van der Waals surface area contributed by atoms with E-state index in [2.05, 4.69) is 10.4 Å². The Labute approximate surface area is 117 Å². The van der Waals surface area contributed by atoms with E-state index in [-0.39, 0.29) is 5.91 Å². The smallest absolute Gasteiger partial charge is 0.251 e. The molecule has 0 unspecified atom stereocenters. The Morgan fingerprint density at radius 2 is 2.05 bits per heavy atom. The van der Waals surface area contributed by atoms with Gasteiger partial charge in [-0.15, -0.1) is 0 Å². The Kier molecular flexibility index (Phi) is 4.22. The molecule has 1 amide bonds. The van der Waals surface area contributed by atoms with Gasteiger partial charge in [0.25, 0.3) is 5.91 Å². The van der Waals surface area contributed by atoms with Crippen LogP contribution in [0.25, 0.3) is 0 Å². The summed E-state index contributed by atoms with van der Waals surface area (Å²) in [7, 11) is 0. The predicted octanol–water partition coefficient (Wildman–Crippen LogP) is 2.79. The largest absolute Gasteiger partial charge is 0.348 e. The van der Waals surface area contributed by atoms with Gasteiger partial charge in [0.2, 0.25) is 0 Å². The molecule has 0 saturated carbocycles. The number of carbonyl (C=O) groups excluding carboxylic acids is 1. The van der Waals surface area contributed by atoms with Crippen LogP contribution in [0.4, 0.5) is 0 Å². The molecule has 100 valence electrons. The summed E-state index contributed by atoms with van der Waals surface area (Å²) in [6, 6.07) is 6.83. The van der Waals surface area contributed by atoms with Crippen LogP contribution < -0.4 is 5.32 Å². The van der Waals surface area contributed by atoms with E-state index in [9.17, 15) is 4.79 Å². The highest BCUT2D eigenvalue weighted by molar-refractivity contribution is 6.30. The van der Waals surface area contributed by atoms with E-state index in [1.807, 2.05) is 24.7 Å². The summed E-state index contributed by atoms with van der Waals surface area (Å²) in [5.41, 5.74) is 2.58. The van der Waals surface area contributed by atoms with Gasteiger partial charge in [-0.1, -0.05) is 11.6 Å². The van der Waals surface area contributed by atoms with Crippen molar-refractivity contribution in [3.8, 4) is 0 Å². The highest BCUT2D eigenvalue weighted by atomic mass is 35.5. The second-order valence-corrected chi connectivity index (χ2v) is 4.72. The van der Waals surface area contributed by atoms with Gasteiger partial charge < -0.3 is 5.32 Å². The summed E-state index contributed by atoms with van der Waals surface area (Å²) in [5.74, 6) is -0.111. The van der Waals surface area contributed by atoms with Gasteiger partial charge in [-0.05, 0) is 38.1 Å². The summed E-state index contributed by atoms with van der Waals surface area (Å²) in [4.78, 5) is 11.9. The molecule has 0 aliphatic rings. The second-order valence-electron chi connectivity index (χ2n) is 4.29. The first-order valence-corrected chi connectivity index (χ1v) is 6.54. The first kappa shape index (κ1) is 13.6. The van der Waals surface area contributed by atoms with Gasteiger partial charge in [0, 0.05) is 35.4 Å². The maximum atomic E-state index is 11.9. The molecule has 19 heavy (non-hydrogen) atoms. The summed E-state index contributed by atoms with van der Waals surface area (Å²) < 4.78 is 1.86. The zero-order valence-corrected chi connectivity index (χ0v) is 11.7. The number of hydrogen-bond acceptors (Lipinski definition) is 2. The van der Waals surface area contributed by atoms with Crippen LogP contribution in [0, 0.1) is 6.92 Å². The van der Waals surface area contributed by atoms with Crippen LogP contribution in [-0.2, 0) is 13.1 Å². The highest BCUT2D eigenvalue weighted by Gasteiger charge is 2.08. The Hall–Kier alpha value is -1.81. The fourth-order valence-electron chi connectivity index (χ4n) is 1.77. The SMILES string of the molecule is CCn1cc(CNC(=O)c2ccc(Cl)cc2)c(C)n1. The van der Waals surface area contributed by atoms with Crippen molar-refractivity contribution in [2.45, 2.75) is 26.9 Å². The number of aromatic nitrogens is 2. The van der Waals surface area contributed by atoms with Crippen molar-refractivity contribution in [1.29, 1.82) is 0 Å². The molecule has 0 aliphatic heterocycles. The molecule has 0 radical (unpaired) electrons. The van der Waals surface area contributed by atoms with Gasteiger partial charge in [0.15, 0.2) is 0 Å². The molecule has 5 heteroatoms. The number of amides is 1. The van der Waals surface area contributed by atoms with Crippen molar-refractivity contribution in [3.63, 3.8) is 0 Å². The second kappa shape index (κ2) is 5.89. The monoisotopic (exact) mass is 277 g/mol. The third kappa shape index (κ3) is 3.35. The molecule has 4 nitrogen and oxygen atoms in total. The van der Waals surface area contributed by atoms with E-state index in [1.165, 1.54) is 0 Å². The van der Waals surface area contributed by atoms with Crippen LogP contribution in [0.5, 0.6) is 0 Å². The number of halogens is 1. The van der Waals surface area contributed by atoms with Gasteiger partial charge in [-0.25, -0.2) is 0 Å². The lowest BCUT2D eigenvalue weighted by molar-refractivity contribution is 0.0951. The lowest BCUT2D eigenvalue weighted by Crippen LogP contribution is -2.22. The van der Waals surface area contributed by atoms with E-state index in [0.717, 1.165) is 17.8 Å². The number of benzene rings is 1. The molecule has 0 aliphatic carbocycles. The van der Waals surface area contributed by atoms with Gasteiger partial charge in [0.1, 0.15) is 0 Å². The van der Waals surface area contributed by atoms with Crippen LogP contribution in [0.2, 0.25) is 5.02 Å². The van der Waals surface area contributed by atoms with E-state index >= 15 is 0 Å². The Morgan fingerprint density at radius 1 is 1.37 bits per heavy atom. The van der Waals surface area contributed by atoms with Crippen LogP contribution in [-0.4, -0.2) is 15.7 Å². The molecule has 0 saturated heterocycles. The van der Waals surface area contributed by atoms with Crippen LogP contribution in [0.3, 0.4) is 0 Å². The fraction of sp³-hybridized carbons (Fsp3) is 0.286. The molecule has 0 fully saturated rings. The highest BCUT2D eigenvalue weighted by Crippen LogP contribution is 2.10. The Morgan fingerprint density at radius 3 is 2.63 bits per heavy atom. The van der Waals surface area contributed by atoms with Crippen molar-refractivity contribution in [1.82, 2.24) is 15.1 Å². The lowest BCUT2D eigenvalue weighted by atomic mass is 10.2. The molecule has 0 atom stereocenters. The summed E-state index contributed by atoms with van der Waals surface area (Å²) in [6.45, 7) is 5.28. The maximum Gasteiger partial charge on any atom is 0.251 e. The minimum atomic E-state index is -0.111. The topological polar surface area (TPSA) is 46.9 Å². The van der Waals surface area contributed by atoms with Crippen molar-refractivity contribution >= 4 is 17.5 Å². The normalized spacial score (nSPS) is 10.5. The average Bonchev–Trinajstić information content (AvgIpc) is 2.77. The molecular weight excluding hydrogens is 262 g/mol. The molecule has 2 aromatic rings. The summed E-state index contributed by atoms with van der Waals surface area (Å²) in [5, 5.41) is 7.84. The molecule has 1 aromatic carbocycles. The van der Waals surface area contributed by atoms with Crippen molar-refractivity contribution < 1.29 is 4.79 Å². The van der Waals surface area contributed by atoms with Gasteiger partial charge in [0.05, 0.1) is 5.69 Å². The van der Waals surface area contributed by atoms with E-state index < -0.39 is 0 Å². The quantitative estimate of drug-likeness (QED) is 0.934. The zero-order valence-electron chi connectivity index (χ0n) is 11.0. The van der Waals surface area contributed by atoms with Crippen LogP contribution in [0.15, 0.2) is 30.5 Å². The average molecular weight is 278 g/mol. The van der Waals surface area contributed by atoms with Crippen LogP contribution >= 0.6 is 11.6 Å². The number of carbonyl (C=O) groups is 1. The Bertz CT molecular complexity index is 575. The lowest BCUT2D eigenvalue weighted by Gasteiger charge is -2.04. The van der Waals surface area contributed by atoms with Crippen LogP contribution in [0.1, 0.15) is 28.5 Å². The number of nitrogens with zero attached hydrogens (tertiary/aromatic N) is 2. The molecule has 0 spiro atoms. The van der Waals surface area contributed by atoms with Crippen molar-refractivity contribution in [2.24, 2.45) is 0 Å². The fourth-order valence-corrected chi connectivity index (χ4v) is 1.90. The number of aryl methyl sites for hydroxylation is 2. The minimum absolute atomic E-state index is 0.111. The molecule has 2 rings (SSSR count). The van der Waals surface area contributed by atoms with Crippen molar-refractivity contribution in [3.05, 3.63) is 52.3 Å². The molecule has 1 aromatic heterocycles. The molecule has 0 bridgehead atoms. The number of nitrogens with one attached hydrogen (secondary N) is 1. The number of rotatable bonds is 4. The summed E-state index contributed by atoms with van der Waals surface area (Å²) in [6.07, 6.45) is 1.96. The maximum absolute atomic E-state index is 11.9.